The van der Waals surface area contributed by atoms with Crippen LogP contribution in [-0.4, -0.2) is 35.9 Å². The van der Waals surface area contributed by atoms with Crippen LogP contribution in [0.3, 0.4) is 0 Å². The van der Waals surface area contributed by atoms with Crippen LogP contribution in [0.25, 0.3) is 0 Å². The second kappa shape index (κ2) is 5.25. The number of aromatic nitrogens is 1. The van der Waals surface area contributed by atoms with Crippen molar-refractivity contribution in [3.63, 3.8) is 0 Å². The quantitative estimate of drug-likeness (QED) is 0.855. The fourth-order valence-corrected chi connectivity index (χ4v) is 3.24. The van der Waals surface area contributed by atoms with Gasteiger partial charge in [0.25, 0.3) is 0 Å². The molecule has 0 spiro atoms. The molecule has 2 aromatic rings. The fourth-order valence-electron chi connectivity index (χ4n) is 3.24. The number of ketones is 1. The van der Waals surface area contributed by atoms with Crippen molar-refractivity contribution in [2.45, 2.75) is 12.5 Å². The molecule has 1 aliphatic rings. The van der Waals surface area contributed by atoms with E-state index in [4.69, 9.17) is 0 Å². The minimum Gasteiger partial charge on any atom is -0.345 e. The average molecular weight is 268 g/mol. The van der Waals surface area contributed by atoms with Crippen molar-refractivity contribution in [1.29, 1.82) is 0 Å². The highest BCUT2D eigenvalue weighted by molar-refractivity contribution is 6.00. The summed E-state index contributed by atoms with van der Waals surface area (Å²) in [6, 6.07) is 14.1. The Labute approximate surface area is 119 Å². The number of carbonyl (C=O) groups excluding carboxylic acids is 1. The number of hydrogen-bond acceptors (Lipinski definition) is 2. The maximum atomic E-state index is 12.8. The molecule has 0 saturated heterocycles. The van der Waals surface area contributed by atoms with Gasteiger partial charge in [0.1, 0.15) is 0 Å². The Morgan fingerprint density at radius 1 is 1.15 bits per heavy atom. The van der Waals surface area contributed by atoms with Crippen molar-refractivity contribution in [2.24, 2.45) is 5.92 Å². The zero-order chi connectivity index (χ0) is 14.1. The van der Waals surface area contributed by atoms with Crippen LogP contribution in [0.5, 0.6) is 0 Å². The van der Waals surface area contributed by atoms with Gasteiger partial charge in [0.15, 0.2) is 5.78 Å². The van der Waals surface area contributed by atoms with Gasteiger partial charge in [0.2, 0.25) is 0 Å². The molecule has 0 unspecified atom stereocenters. The van der Waals surface area contributed by atoms with Crippen LogP contribution in [0.2, 0.25) is 0 Å². The third kappa shape index (κ3) is 2.29. The van der Waals surface area contributed by atoms with Gasteiger partial charge in [-0.1, -0.05) is 30.3 Å². The van der Waals surface area contributed by atoms with Crippen LogP contribution in [0.4, 0.5) is 0 Å². The smallest absolute Gasteiger partial charge is 0.187 e. The van der Waals surface area contributed by atoms with E-state index in [-0.39, 0.29) is 11.7 Å². The molecule has 2 atom stereocenters. The number of carbonyl (C=O) groups is 1. The predicted octanol–water partition coefficient (Wildman–Crippen LogP) is 2.65. The van der Waals surface area contributed by atoms with E-state index in [1.165, 1.54) is 0 Å². The van der Waals surface area contributed by atoms with Crippen molar-refractivity contribution in [2.75, 3.05) is 20.6 Å². The Morgan fingerprint density at radius 3 is 2.60 bits per heavy atom. The molecular formula is C17H20N2O. The van der Waals surface area contributed by atoms with Crippen molar-refractivity contribution in [1.82, 2.24) is 9.47 Å². The maximum absolute atomic E-state index is 12.8. The lowest BCUT2D eigenvalue weighted by atomic mass is 9.79. The second-order valence-corrected chi connectivity index (χ2v) is 5.82. The molecular weight excluding hydrogens is 248 g/mol. The highest BCUT2D eigenvalue weighted by atomic mass is 16.1. The standard InChI is InChI=1S/C17H20N2O/c1-18(2)11-14-12-19-10-6-9-15(19)17(20)16(14)13-7-4-3-5-8-13/h3-10,14,16H,11-12H2,1-2H3/t14-,16+/m1/s1. The first-order valence-electron chi connectivity index (χ1n) is 7.06. The van der Waals surface area contributed by atoms with Gasteiger partial charge in [-0.25, -0.2) is 0 Å². The maximum Gasteiger partial charge on any atom is 0.187 e. The van der Waals surface area contributed by atoms with Gasteiger partial charge in [0.05, 0.1) is 11.6 Å². The lowest BCUT2D eigenvalue weighted by Crippen LogP contribution is -2.38. The number of nitrogens with zero attached hydrogens (tertiary/aromatic N) is 2. The summed E-state index contributed by atoms with van der Waals surface area (Å²) in [6.45, 7) is 1.83. The summed E-state index contributed by atoms with van der Waals surface area (Å²) in [6.07, 6.45) is 2.01. The van der Waals surface area contributed by atoms with E-state index in [1.54, 1.807) is 0 Å². The summed E-state index contributed by atoms with van der Waals surface area (Å²) >= 11 is 0. The zero-order valence-electron chi connectivity index (χ0n) is 12.0. The first-order valence-corrected chi connectivity index (χ1v) is 7.06. The molecule has 1 aromatic carbocycles. The van der Waals surface area contributed by atoms with E-state index in [9.17, 15) is 4.79 Å². The molecule has 0 aliphatic carbocycles. The first kappa shape index (κ1) is 13.1. The molecule has 0 amide bonds. The predicted molar refractivity (Wildman–Crippen MR) is 80.0 cm³/mol. The van der Waals surface area contributed by atoms with Crippen LogP contribution in [0.15, 0.2) is 48.7 Å². The number of rotatable bonds is 3. The SMILES string of the molecule is CN(C)C[C@@H]1Cn2cccc2C(=O)[C@H]1c1ccccc1. The third-order valence-electron chi connectivity index (χ3n) is 4.03. The minimum absolute atomic E-state index is 0.0269. The Hall–Kier alpha value is -1.87. The van der Waals surface area contributed by atoms with Gasteiger partial charge in [-0.3, -0.25) is 4.79 Å². The summed E-state index contributed by atoms with van der Waals surface area (Å²) in [4.78, 5) is 15.0. The molecule has 20 heavy (non-hydrogen) atoms. The monoisotopic (exact) mass is 268 g/mol. The van der Waals surface area contributed by atoms with Crippen LogP contribution < -0.4 is 0 Å². The molecule has 0 bridgehead atoms. The lowest BCUT2D eigenvalue weighted by Gasteiger charge is -2.34. The number of Topliss-reactive ketones (excluding diaryl/α,β-unsaturated/α-hetero) is 1. The summed E-state index contributed by atoms with van der Waals surface area (Å²) < 4.78 is 2.09. The van der Waals surface area contributed by atoms with E-state index in [0.29, 0.717) is 5.92 Å². The number of fused-ring (bicyclic) bond motifs is 1. The molecule has 0 fully saturated rings. The van der Waals surface area contributed by atoms with Gasteiger partial charge < -0.3 is 9.47 Å². The van der Waals surface area contributed by atoms with Gasteiger partial charge in [-0.05, 0) is 31.8 Å². The second-order valence-electron chi connectivity index (χ2n) is 5.82. The topological polar surface area (TPSA) is 25.2 Å². The Balaban J connectivity index is 2.01. The van der Waals surface area contributed by atoms with Crippen LogP contribution >= 0.6 is 0 Å². The van der Waals surface area contributed by atoms with Crippen molar-refractivity contribution in [3.05, 3.63) is 59.9 Å². The molecule has 1 aliphatic heterocycles. The van der Waals surface area contributed by atoms with E-state index in [2.05, 4.69) is 35.7 Å². The molecule has 3 heteroatoms. The van der Waals surface area contributed by atoms with Gasteiger partial charge >= 0.3 is 0 Å². The van der Waals surface area contributed by atoms with Gasteiger partial charge in [-0.15, -0.1) is 0 Å². The highest BCUT2D eigenvalue weighted by Gasteiger charge is 2.36. The van der Waals surface area contributed by atoms with Gasteiger partial charge in [-0.2, -0.15) is 0 Å². The lowest BCUT2D eigenvalue weighted by molar-refractivity contribution is 0.0865. The van der Waals surface area contributed by atoms with E-state index in [0.717, 1.165) is 24.3 Å². The van der Waals surface area contributed by atoms with Crippen LogP contribution in [-0.2, 0) is 6.54 Å². The van der Waals surface area contributed by atoms with E-state index < -0.39 is 0 Å². The summed E-state index contributed by atoms with van der Waals surface area (Å²) in [5.74, 6) is 0.542. The molecule has 0 saturated carbocycles. The van der Waals surface area contributed by atoms with Crippen molar-refractivity contribution >= 4 is 5.78 Å². The average Bonchev–Trinajstić information content (AvgIpc) is 2.88. The molecule has 0 radical (unpaired) electrons. The van der Waals surface area contributed by atoms with E-state index >= 15 is 0 Å². The molecule has 3 rings (SSSR count). The zero-order valence-corrected chi connectivity index (χ0v) is 12.0. The van der Waals surface area contributed by atoms with Crippen molar-refractivity contribution in [3.8, 4) is 0 Å². The largest absolute Gasteiger partial charge is 0.345 e. The Morgan fingerprint density at radius 2 is 1.90 bits per heavy atom. The Bertz CT molecular complexity index is 600. The Kier molecular flexibility index (Phi) is 3.45. The minimum atomic E-state index is -0.0269. The fraction of sp³-hybridized carbons (Fsp3) is 0.353. The molecule has 2 heterocycles. The van der Waals surface area contributed by atoms with Gasteiger partial charge in [0, 0.05) is 25.2 Å². The van der Waals surface area contributed by atoms with E-state index in [1.807, 2.05) is 36.5 Å². The number of benzene rings is 1. The third-order valence-corrected chi connectivity index (χ3v) is 4.03. The summed E-state index contributed by atoms with van der Waals surface area (Å²) in [5.41, 5.74) is 1.98. The molecule has 3 nitrogen and oxygen atoms in total. The van der Waals surface area contributed by atoms with Crippen molar-refractivity contribution < 1.29 is 4.79 Å². The summed E-state index contributed by atoms with van der Waals surface area (Å²) in [5, 5.41) is 0. The number of hydrogen-bond donors (Lipinski definition) is 0. The van der Waals surface area contributed by atoms with Crippen LogP contribution in [0, 0.1) is 5.92 Å². The summed E-state index contributed by atoms with van der Waals surface area (Å²) in [7, 11) is 4.13. The van der Waals surface area contributed by atoms with Crippen LogP contribution in [0.1, 0.15) is 22.0 Å². The normalized spacial score (nSPS) is 22.1. The first-order chi connectivity index (χ1) is 9.66. The molecule has 1 aromatic heterocycles. The molecule has 0 N–H and O–H groups in total. The molecule has 104 valence electrons. The highest BCUT2D eigenvalue weighted by Crippen LogP contribution is 2.34.